The normalized spacial score (nSPS) is 12.3. The van der Waals surface area contributed by atoms with Gasteiger partial charge in [-0.2, -0.15) is 0 Å². The van der Waals surface area contributed by atoms with E-state index in [1.165, 1.54) is 12.1 Å². The van der Waals surface area contributed by atoms with Crippen LogP contribution in [0.25, 0.3) is 0 Å². The second kappa shape index (κ2) is 8.31. The molecule has 0 aliphatic carbocycles. The average molecular weight is 456 g/mol. The summed E-state index contributed by atoms with van der Waals surface area (Å²) in [5.74, 6) is -0.303. The first-order valence-electron chi connectivity index (χ1n) is 9.09. The van der Waals surface area contributed by atoms with Crippen LogP contribution in [0, 0.1) is 5.82 Å². The smallest absolute Gasteiger partial charge is 0.262 e. The highest BCUT2D eigenvalue weighted by molar-refractivity contribution is 9.10. The first kappa shape index (κ1) is 21.9. The molecule has 0 fully saturated rings. The number of rotatable bonds is 6. The molecule has 0 unspecified atom stereocenters. The third kappa shape index (κ3) is 4.91. The molecule has 6 heteroatoms. The van der Waals surface area contributed by atoms with Crippen LogP contribution in [0.2, 0.25) is 0 Å². The van der Waals surface area contributed by atoms with Crippen LogP contribution in [0.3, 0.4) is 0 Å². The van der Waals surface area contributed by atoms with Crippen molar-refractivity contribution < 1.29 is 12.8 Å². The van der Waals surface area contributed by atoms with Gasteiger partial charge in [-0.25, -0.2) is 12.8 Å². The van der Waals surface area contributed by atoms with Crippen LogP contribution in [0.15, 0.2) is 39.7 Å². The van der Waals surface area contributed by atoms with Gasteiger partial charge in [0, 0.05) is 4.47 Å². The van der Waals surface area contributed by atoms with Crippen molar-refractivity contribution in [2.75, 3.05) is 4.72 Å². The van der Waals surface area contributed by atoms with E-state index in [-0.39, 0.29) is 28.3 Å². The van der Waals surface area contributed by atoms with E-state index in [9.17, 15) is 12.8 Å². The van der Waals surface area contributed by atoms with Crippen LogP contribution < -0.4 is 4.72 Å². The Labute approximate surface area is 170 Å². The molecular formula is C21H27BrFNO2S. The quantitative estimate of drug-likeness (QED) is 0.522. The molecule has 27 heavy (non-hydrogen) atoms. The summed E-state index contributed by atoms with van der Waals surface area (Å²) in [6.07, 6.45) is 0. The molecule has 2 aromatic rings. The molecule has 0 saturated carbocycles. The Bertz CT molecular complexity index is 908. The Morgan fingerprint density at radius 1 is 0.889 bits per heavy atom. The van der Waals surface area contributed by atoms with Crippen molar-refractivity contribution in [3.05, 3.63) is 57.3 Å². The number of anilines is 1. The number of nitrogens with one attached hydrogen (secondary N) is 1. The Kier molecular flexibility index (Phi) is 6.74. The maximum atomic E-state index is 14.2. The zero-order chi connectivity index (χ0) is 20.5. The van der Waals surface area contributed by atoms with Crippen molar-refractivity contribution in [2.45, 2.75) is 64.2 Å². The number of hydrogen-bond acceptors (Lipinski definition) is 2. The third-order valence-electron chi connectivity index (χ3n) is 4.52. The maximum Gasteiger partial charge on any atom is 0.262 e. The van der Waals surface area contributed by atoms with Crippen molar-refractivity contribution in [3.8, 4) is 0 Å². The van der Waals surface area contributed by atoms with Crippen LogP contribution in [-0.4, -0.2) is 8.42 Å². The van der Waals surface area contributed by atoms with Crippen LogP contribution in [0.4, 0.5) is 10.1 Å². The van der Waals surface area contributed by atoms with Crippen molar-refractivity contribution in [1.82, 2.24) is 0 Å². The monoisotopic (exact) mass is 455 g/mol. The van der Waals surface area contributed by atoms with Crippen molar-refractivity contribution in [2.24, 2.45) is 0 Å². The fraction of sp³-hybridized carbons (Fsp3) is 0.429. The van der Waals surface area contributed by atoms with E-state index in [1.54, 1.807) is 6.07 Å². The van der Waals surface area contributed by atoms with Gasteiger partial charge in [0.05, 0.1) is 10.6 Å². The van der Waals surface area contributed by atoms with Gasteiger partial charge in [-0.3, -0.25) is 4.72 Å². The Morgan fingerprint density at radius 3 is 1.81 bits per heavy atom. The predicted molar refractivity (Wildman–Crippen MR) is 114 cm³/mol. The summed E-state index contributed by atoms with van der Waals surface area (Å²) in [5.41, 5.74) is 2.57. The van der Waals surface area contributed by atoms with E-state index in [0.29, 0.717) is 4.47 Å². The fourth-order valence-corrected chi connectivity index (χ4v) is 5.07. The average Bonchev–Trinajstić information content (AvgIpc) is 2.55. The maximum absolute atomic E-state index is 14.2. The van der Waals surface area contributed by atoms with Gasteiger partial charge < -0.3 is 0 Å². The summed E-state index contributed by atoms with van der Waals surface area (Å²) in [6, 6.07) is 8.20. The standard InChI is InChI=1S/C21H27BrFNO2S/c1-12(2)15-9-17(13(3)4)21(18(10-15)14(5)6)27(25,26)24-20-8-7-16(22)11-19(20)23/h7-14,24H,1-6H3. The summed E-state index contributed by atoms with van der Waals surface area (Å²) in [7, 11) is -3.95. The van der Waals surface area contributed by atoms with Gasteiger partial charge in [-0.1, -0.05) is 69.6 Å². The zero-order valence-electron chi connectivity index (χ0n) is 16.6. The zero-order valence-corrected chi connectivity index (χ0v) is 19.0. The van der Waals surface area contributed by atoms with Gasteiger partial charge in [0.25, 0.3) is 10.0 Å². The molecule has 0 aromatic heterocycles. The van der Waals surface area contributed by atoms with Crippen molar-refractivity contribution in [1.29, 1.82) is 0 Å². The van der Waals surface area contributed by atoms with Gasteiger partial charge >= 0.3 is 0 Å². The predicted octanol–water partition coefficient (Wildman–Crippen LogP) is 6.76. The van der Waals surface area contributed by atoms with Gasteiger partial charge in [-0.15, -0.1) is 0 Å². The lowest BCUT2D eigenvalue weighted by Gasteiger charge is -2.23. The molecule has 148 valence electrons. The molecule has 3 nitrogen and oxygen atoms in total. The lowest BCUT2D eigenvalue weighted by atomic mass is 9.89. The summed E-state index contributed by atoms with van der Waals surface area (Å²) >= 11 is 3.19. The number of sulfonamides is 1. The number of benzene rings is 2. The van der Waals surface area contributed by atoms with Crippen LogP contribution in [-0.2, 0) is 10.0 Å². The molecule has 1 N–H and O–H groups in total. The molecule has 0 heterocycles. The highest BCUT2D eigenvalue weighted by Gasteiger charge is 2.27. The van der Waals surface area contributed by atoms with Crippen molar-refractivity contribution in [3.63, 3.8) is 0 Å². The Morgan fingerprint density at radius 2 is 1.41 bits per heavy atom. The van der Waals surface area contributed by atoms with E-state index in [1.807, 2.05) is 39.8 Å². The molecule has 0 aliphatic rings. The van der Waals surface area contributed by atoms with E-state index >= 15 is 0 Å². The van der Waals surface area contributed by atoms with Gasteiger partial charge in [0.1, 0.15) is 5.82 Å². The van der Waals surface area contributed by atoms with E-state index in [0.717, 1.165) is 16.7 Å². The van der Waals surface area contributed by atoms with Gasteiger partial charge in [0.2, 0.25) is 0 Å². The number of hydrogen-bond donors (Lipinski definition) is 1. The third-order valence-corrected chi connectivity index (χ3v) is 6.51. The molecule has 0 bridgehead atoms. The minimum atomic E-state index is -3.95. The minimum Gasteiger partial charge on any atom is -0.277 e. The highest BCUT2D eigenvalue weighted by atomic mass is 79.9. The molecule has 2 rings (SSSR count). The summed E-state index contributed by atoms with van der Waals surface area (Å²) in [6.45, 7) is 12.1. The van der Waals surface area contributed by atoms with E-state index in [2.05, 4.69) is 34.5 Å². The van der Waals surface area contributed by atoms with E-state index in [4.69, 9.17) is 0 Å². The Balaban J connectivity index is 2.70. The number of halogens is 2. The Hall–Kier alpha value is -1.40. The second-order valence-corrected chi connectivity index (χ2v) is 10.3. The first-order chi connectivity index (χ1) is 12.4. The van der Waals surface area contributed by atoms with Crippen molar-refractivity contribution >= 4 is 31.6 Å². The van der Waals surface area contributed by atoms with Crippen LogP contribution >= 0.6 is 15.9 Å². The van der Waals surface area contributed by atoms with Gasteiger partial charge in [-0.05, 0) is 52.6 Å². The second-order valence-electron chi connectivity index (χ2n) is 7.72. The summed E-state index contributed by atoms with van der Waals surface area (Å²) < 4.78 is 43.8. The SMILES string of the molecule is CC(C)c1cc(C(C)C)c(S(=O)(=O)Nc2ccc(Br)cc2F)c(C(C)C)c1. The fourth-order valence-electron chi connectivity index (χ4n) is 2.97. The van der Waals surface area contributed by atoms with Crippen LogP contribution in [0.5, 0.6) is 0 Å². The lowest BCUT2D eigenvalue weighted by Crippen LogP contribution is -2.19. The van der Waals surface area contributed by atoms with Gasteiger partial charge in [0.15, 0.2) is 0 Å². The summed E-state index contributed by atoms with van der Waals surface area (Å²) in [5, 5.41) is 0. The van der Waals surface area contributed by atoms with Crippen LogP contribution in [0.1, 0.15) is 76.0 Å². The topological polar surface area (TPSA) is 46.2 Å². The molecule has 0 spiro atoms. The summed E-state index contributed by atoms with van der Waals surface area (Å²) in [4.78, 5) is 0.263. The first-order valence-corrected chi connectivity index (χ1v) is 11.4. The molecule has 0 radical (unpaired) electrons. The molecule has 0 aliphatic heterocycles. The highest BCUT2D eigenvalue weighted by Crippen LogP contribution is 2.36. The van der Waals surface area contributed by atoms with E-state index < -0.39 is 15.8 Å². The lowest BCUT2D eigenvalue weighted by molar-refractivity contribution is 0.593. The molecule has 2 aromatic carbocycles. The largest absolute Gasteiger partial charge is 0.277 e. The minimum absolute atomic E-state index is 0.0162. The molecule has 0 amide bonds. The molecular weight excluding hydrogens is 429 g/mol. The molecule has 0 saturated heterocycles. The molecule has 0 atom stereocenters.